The summed E-state index contributed by atoms with van der Waals surface area (Å²) in [5, 5.41) is 100. The summed E-state index contributed by atoms with van der Waals surface area (Å²) >= 11 is 0. The van der Waals surface area contributed by atoms with Crippen LogP contribution in [0, 0.1) is 0 Å². The summed E-state index contributed by atoms with van der Waals surface area (Å²) in [5.74, 6) is -2.95. The summed E-state index contributed by atoms with van der Waals surface area (Å²) in [5.41, 5.74) is 0. The minimum absolute atomic E-state index is 0. The molecule has 12 atom stereocenters. The normalized spacial score (nSPS) is 35.9. The topological polar surface area (TPSA) is 463 Å². The first-order chi connectivity index (χ1) is 20.9. The fourth-order valence-corrected chi connectivity index (χ4v) is 4.64. The number of aliphatic hydroxyl groups is 9. The number of carboxylic acids is 2. The van der Waals surface area contributed by atoms with Crippen molar-refractivity contribution < 1.29 is 114 Å². The van der Waals surface area contributed by atoms with Gasteiger partial charge < -0.3 is 106 Å². The molecule has 4 aliphatic rings. The summed E-state index contributed by atoms with van der Waals surface area (Å²) in [6, 6.07) is -0.930. The highest BCUT2D eigenvalue weighted by atomic mass is 32.2. The lowest BCUT2D eigenvalue weighted by molar-refractivity contribution is -0.328. The van der Waals surface area contributed by atoms with Gasteiger partial charge in [-0.15, -0.1) is 0 Å². The molecule has 16 N–H and O–H groups in total. The molecule has 0 saturated carbocycles. The fourth-order valence-electron chi connectivity index (χ4n) is 4.04. The molecule has 48 heavy (non-hydrogen) atoms. The van der Waals surface area contributed by atoms with Crippen LogP contribution in [-0.4, -0.2) is 200 Å². The standard InChI is InChI=1S/C6H13NO6S.C6H10O6.C6H10O5.C5H10O3.3H2O/c8-2-4-1-6(9)5(3-13-4)7-14(10,11)12;7-2-1-12-5(6(10)11)4(9)3(2)8;7-3-1-5(6(9)10)11-2-4(3)8;6-2-5-1-4(7)3-8-5;;;/h4-9H,1-3H2,(H,10,11,12);2-5,7-9H,1H2,(H,10,11);3-5,7-8H,1-2H2,(H,9,10);4-7H,1-3H2;3*1H2/p-3. The Bertz CT molecular complexity index is 991. The molecule has 4 fully saturated rings. The summed E-state index contributed by atoms with van der Waals surface area (Å²) in [6.07, 6.45) is -10.5. The minimum Gasteiger partial charge on any atom is -0.735 e. The molecule has 0 aliphatic carbocycles. The zero-order valence-electron chi connectivity index (χ0n) is 25.2. The van der Waals surface area contributed by atoms with Gasteiger partial charge in [-0.05, 0) is 0 Å². The third-order valence-corrected chi connectivity index (χ3v) is 7.20. The van der Waals surface area contributed by atoms with E-state index in [1.165, 1.54) is 0 Å². The van der Waals surface area contributed by atoms with E-state index >= 15 is 0 Å². The zero-order valence-corrected chi connectivity index (χ0v) is 26.0. The second-order valence-electron chi connectivity index (χ2n) is 10.3. The molecule has 12 unspecified atom stereocenters. The van der Waals surface area contributed by atoms with Gasteiger partial charge in [0.25, 0.3) is 0 Å². The lowest BCUT2D eigenvalue weighted by Gasteiger charge is -2.35. The third-order valence-electron chi connectivity index (χ3n) is 6.61. The van der Waals surface area contributed by atoms with Gasteiger partial charge in [-0.1, -0.05) is 0 Å². The number of carboxylic acid groups (broad SMARTS) is 2. The van der Waals surface area contributed by atoms with Crippen LogP contribution in [0.2, 0.25) is 0 Å². The average molecular weight is 737 g/mol. The van der Waals surface area contributed by atoms with Crippen molar-refractivity contribution in [2.24, 2.45) is 0 Å². The average Bonchev–Trinajstić information content (AvgIpc) is 3.39. The van der Waals surface area contributed by atoms with Gasteiger partial charge in [0.15, 0.2) is 10.3 Å². The minimum atomic E-state index is -4.58. The molecule has 4 aliphatic heterocycles. The van der Waals surface area contributed by atoms with Crippen molar-refractivity contribution in [1.82, 2.24) is 4.72 Å². The van der Waals surface area contributed by atoms with Gasteiger partial charge in [-0.25, -0.2) is 13.1 Å². The maximum atomic E-state index is 10.3. The predicted octanol–water partition coefficient (Wildman–Crippen LogP) is -12.3. The quantitative estimate of drug-likeness (QED) is 0.113. The fraction of sp³-hybridized carbons (Fsp3) is 0.913. The van der Waals surface area contributed by atoms with Crippen LogP contribution >= 0.6 is 0 Å². The van der Waals surface area contributed by atoms with E-state index in [-0.39, 0.29) is 74.5 Å². The van der Waals surface area contributed by atoms with E-state index in [2.05, 4.69) is 9.47 Å². The summed E-state index contributed by atoms with van der Waals surface area (Å²) in [6.45, 7) is -0.430. The van der Waals surface area contributed by atoms with Crippen LogP contribution < -0.4 is 14.9 Å². The lowest BCUT2D eigenvalue weighted by Crippen LogP contribution is -2.58. The van der Waals surface area contributed by atoms with E-state index < -0.39 is 83.2 Å². The second kappa shape index (κ2) is 24.3. The van der Waals surface area contributed by atoms with Gasteiger partial charge >= 0.3 is 0 Å². The molecule has 0 aromatic heterocycles. The molecule has 4 saturated heterocycles. The van der Waals surface area contributed by atoms with E-state index in [9.17, 15) is 37.9 Å². The highest BCUT2D eigenvalue weighted by Crippen LogP contribution is 2.16. The van der Waals surface area contributed by atoms with E-state index in [1.807, 2.05) is 0 Å². The number of aliphatic hydroxyl groups excluding tert-OH is 9. The number of hydrogen-bond acceptors (Lipinski definition) is 20. The van der Waals surface area contributed by atoms with Crippen LogP contribution in [-0.2, 0) is 38.8 Å². The largest absolute Gasteiger partial charge is 0.735 e. The predicted molar refractivity (Wildman–Crippen MR) is 147 cm³/mol. The second-order valence-corrected chi connectivity index (χ2v) is 11.4. The van der Waals surface area contributed by atoms with Crippen LogP contribution in [0.5, 0.6) is 0 Å². The Hall–Kier alpha value is -1.83. The highest BCUT2D eigenvalue weighted by Gasteiger charge is 2.38. The van der Waals surface area contributed by atoms with Crippen LogP contribution in [0.15, 0.2) is 0 Å². The molecular formula is C23H46NO23S-3. The molecule has 25 heteroatoms. The van der Waals surface area contributed by atoms with Gasteiger partial charge in [0.05, 0.1) is 94.2 Å². The molecule has 0 amide bonds. The highest BCUT2D eigenvalue weighted by molar-refractivity contribution is 7.83. The summed E-state index contributed by atoms with van der Waals surface area (Å²) < 4.78 is 51.7. The molecule has 0 aromatic rings. The first-order valence-electron chi connectivity index (χ1n) is 13.5. The maximum absolute atomic E-state index is 10.3. The number of aliphatic carboxylic acids is 2. The Morgan fingerprint density at radius 3 is 1.56 bits per heavy atom. The van der Waals surface area contributed by atoms with Crippen molar-refractivity contribution in [3.63, 3.8) is 0 Å². The monoisotopic (exact) mass is 736 g/mol. The van der Waals surface area contributed by atoms with Gasteiger partial charge in [0.1, 0.15) is 30.5 Å². The molecule has 0 spiro atoms. The van der Waals surface area contributed by atoms with Crippen LogP contribution in [0.3, 0.4) is 0 Å². The molecule has 4 heterocycles. The van der Waals surface area contributed by atoms with Crippen molar-refractivity contribution in [3.05, 3.63) is 0 Å². The van der Waals surface area contributed by atoms with Crippen molar-refractivity contribution in [1.29, 1.82) is 0 Å². The smallest absolute Gasteiger partial charge is 0.159 e. The molecule has 0 radical (unpaired) electrons. The number of nitrogens with one attached hydrogen (secondary N) is 1. The number of hydrogen-bond donors (Lipinski definition) is 10. The van der Waals surface area contributed by atoms with Crippen molar-refractivity contribution in [3.8, 4) is 0 Å². The van der Waals surface area contributed by atoms with Gasteiger partial charge in [0, 0.05) is 19.3 Å². The van der Waals surface area contributed by atoms with Gasteiger partial charge in [-0.2, -0.15) is 0 Å². The van der Waals surface area contributed by atoms with Crippen LogP contribution in [0.4, 0.5) is 0 Å². The molecule has 4 rings (SSSR count). The van der Waals surface area contributed by atoms with Crippen molar-refractivity contribution in [2.45, 2.75) is 92.4 Å². The van der Waals surface area contributed by atoms with E-state index in [0.29, 0.717) is 13.0 Å². The first-order valence-corrected chi connectivity index (χ1v) is 14.9. The Labute approximate surface area is 273 Å². The molecule has 0 bridgehead atoms. The lowest BCUT2D eigenvalue weighted by atomic mass is 10.0. The molecule has 24 nitrogen and oxygen atoms in total. The summed E-state index contributed by atoms with van der Waals surface area (Å²) in [7, 11) is -4.58. The van der Waals surface area contributed by atoms with Gasteiger partial charge in [0.2, 0.25) is 0 Å². The Kier molecular flexibility index (Phi) is 25.6. The maximum Gasteiger partial charge on any atom is 0.159 e. The molecular weight excluding hydrogens is 690 g/mol. The van der Waals surface area contributed by atoms with E-state index in [4.69, 9.17) is 50.3 Å². The SMILES string of the molecule is O.O.O.O=C([O-])C1CC(O)C(O)CO1.O=C([O-])C1OCC(O)C(O)C1O.O=S(=O)([O-])NC1COC(CO)CC1O.OCC1CC(O)CO1. The third kappa shape index (κ3) is 18.2. The van der Waals surface area contributed by atoms with Crippen LogP contribution in [0.1, 0.15) is 19.3 Å². The van der Waals surface area contributed by atoms with Crippen molar-refractivity contribution in [2.75, 3.05) is 39.6 Å². The first kappa shape index (κ1) is 50.5. The Balaban J connectivity index is -0.000000559. The van der Waals surface area contributed by atoms with Gasteiger partial charge in [-0.3, -0.25) is 0 Å². The number of ether oxygens (including phenoxy) is 4. The van der Waals surface area contributed by atoms with E-state index in [1.54, 1.807) is 4.72 Å². The Morgan fingerprint density at radius 1 is 0.646 bits per heavy atom. The number of carbonyl (C=O) groups is 2. The Morgan fingerprint density at radius 2 is 1.17 bits per heavy atom. The number of rotatable bonds is 6. The number of carbonyl (C=O) groups excluding carboxylic acids is 2. The molecule has 290 valence electrons. The van der Waals surface area contributed by atoms with E-state index in [0.717, 1.165) is 0 Å². The zero-order chi connectivity index (χ0) is 34.5. The van der Waals surface area contributed by atoms with Crippen molar-refractivity contribution >= 4 is 22.2 Å². The molecule has 0 aromatic carbocycles. The van der Waals surface area contributed by atoms with Crippen LogP contribution in [0.25, 0.3) is 0 Å². The summed E-state index contributed by atoms with van der Waals surface area (Å²) in [4.78, 5) is 20.4.